The molecule has 0 saturated heterocycles. The van der Waals surface area contributed by atoms with E-state index in [4.69, 9.17) is 5.73 Å². The van der Waals surface area contributed by atoms with Gasteiger partial charge in [0.1, 0.15) is 0 Å². The van der Waals surface area contributed by atoms with Crippen LogP contribution < -0.4 is 5.73 Å². The van der Waals surface area contributed by atoms with Gasteiger partial charge in [-0.25, -0.2) is 0 Å². The van der Waals surface area contributed by atoms with Crippen LogP contribution in [0.1, 0.15) is 39.5 Å². The summed E-state index contributed by atoms with van der Waals surface area (Å²) in [6.45, 7) is 6.93. The Labute approximate surface area is 101 Å². The minimum absolute atomic E-state index is 0.458. The van der Waals surface area contributed by atoms with Crippen LogP contribution in [0.5, 0.6) is 0 Å². The van der Waals surface area contributed by atoms with Gasteiger partial charge in [-0.2, -0.15) is 0 Å². The van der Waals surface area contributed by atoms with Crippen LogP contribution in [0.25, 0.3) is 0 Å². The lowest BCUT2D eigenvalue weighted by atomic mass is 9.90. The summed E-state index contributed by atoms with van der Waals surface area (Å²) < 4.78 is 0. The van der Waals surface area contributed by atoms with Crippen molar-refractivity contribution in [2.75, 3.05) is 27.2 Å². The topological polar surface area (TPSA) is 32.5 Å². The van der Waals surface area contributed by atoms with E-state index in [0.29, 0.717) is 12.1 Å². The molecule has 0 amide bonds. The predicted molar refractivity (Wildman–Crippen MR) is 70.6 cm³/mol. The first-order valence-electron chi connectivity index (χ1n) is 6.70. The summed E-state index contributed by atoms with van der Waals surface area (Å²) in [6.07, 6.45) is 4.98. The summed E-state index contributed by atoms with van der Waals surface area (Å²) in [5, 5.41) is 0. The zero-order valence-corrected chi connectivity index (χ0v) is 11.4. The maximum Gasteiger partial charge on any atom is 0.0197 e. The van der Waals surface area contributed by atoms with Crippen LogP contribution in [0.2, 0.25) is 0 Å². The molecule has 1 aliphatic rings. The third-order valence-corrected chi connectivity index (χ3v) is 3.77. The molecule has 2 N–H and O–H groups in total. The van der Waals surface area contributed by atoms with Gasteiger partial charge in [-0.15, -0.1) is 0 Å². The van der Waals surface area contributed by atoms with Gasteiger partial charge in [-0.05, 0) is 53.2 Å². The number of hydrogen-bond donors (Lipinski definition) is 1. The average molecular weight is 227 g/mol. The van der Waals surface area contributed by atoms with Crippen LogP contribution in [0.15, 0.2) is 0 Å². The molecule has 0 heterocycles. The second-order valence-corrected chi connectivity index (χ2v) is 5.51. The maximum absolute atomic E-state index is 5.97. The average Bonchev–Trinajstić information content (AvgIpc) is 2.21. The second-order valence-electron chi connectivity index (χ2n) is 5.51. The van der Waals surface area contributed by atoms with Crippen molar-refractivity contribution < 1.29 is 0 Å². The zero-order chi connectivity index (χ0) is 12.1. The molecular weight excluding hydrogens is 198 g/mol. The summed E-state index contributed by atoms with van der Waals surface area (Å²) in [5.74, 6) is 0. The molecule has 0 aliphatic heterocycles. The summed E-state index contributed by atoms with van der Waals surface area (Å²) in [7, 11) is 4.31. The van der Waals surface area contributed by atoms with Crippen molar-refractivity contribution in [1.82, 2.24) is 9.80 Å². The lowest BCUT2D eigenvalue weighted by molar-refractivity contribution is 0.0979. The van der Waals surface area contributed by atoms with Gasteiger partial charge in [0.15, 0.2) is 0 Å². The number of likely N-dealkylation sites (N-methyl/N-ethyl adjacent to an activating group) is 2. The van der Waals surface area contributed by atoms with Crippen LogP contribution in [0.3, 0.4) is 0 Å². The second kappa shape index (κ2) is 6.58. The van der Waals surface area contributed by atoms with Crippen LogP contribution in [0.4, 0.5) is 0 Å². The molecule has 1 saturated carbocycles. The first-order valence-corrected chi connectivity index (χ1v) is 6.70. The van der Waals surface area contributed by atoms with Crippen molar-refractivity contribution >= 4 is 0 Å². The SMILES string of the molecule is CCN(C(C)CN(C)C)C1CCC(N)CC1. The van der Waals surface area contributed by atoms with E-state index in [0.717, 1.165) is 19.1 Å². The van der Waals surface area contributed by atoms with Gasteiger partial charge >= 0.3 is 0 Å². The molecule has 3 nitrogen and oxygen atoms in total. The highest BCUT2D eigenvalue weighted by Crippen LogP contribution is 2.23. The van der Waals surface area contributed by atoms with Gasteiger partial charge in [0.2, 0.25) is 0 Å². The monoisotopic (exact) mass is 227 g/mol. The van der Waals surface area contributed by atoms with Crippen LogP contribution in [0, 0.1) is 0 Å². The molecule has 1 aliphatic carbocycles. The molecule has 0 bridgehead atoms. The van der Waals surface area contributed by atoms with Crippen molar-refractivity contribution in [2.45, 2.75) is 57.7 Å². The summed E-state index contributed by atoms with van der Waals surface area (Å²) in [5.41, 5.74) is 5.97. The molecule has 1 rings (SSSR count). The third-order valence-electron chi connectivity index (χ3n) is 3.77. The Bertz CT molecular complexity index is 186. The largest absolute Gasteiger partial charge is 0.328 e. The lowest BCUT2D eigenvalue weighted by Crippen LogP contribution is -2.48. The first kappa shape index (κ1) is 13.9. The highest BCUT2D eigenvalue weighted by molar-refractivity contribution is 4.83. The van der Waals surface area contributed by atoms with Gasteiger partial charge in [-0.1, -0.05) is 6.92 Å². The van der Waals surface area contributed by atoms with E-state index in [1.807, 2.05) is 0 Å². The minimum atomic E-state index is 0.458. The number of nitrogens with two attached hydrogens (primary N) is 1. The molecule has 96 valence electrons. The van der Waals surface area contributed by atoms with Gasteiger partial charge in [0.25, 0.3) is 0 Å². The highest BCUT2D eigenvalue weighted by Gasteiger charge is 2.26. The van der Waals surface area contributed by atoms with E-state index in [1.165, 1.54) is 25.7 Å². The Morgan fingerprint density at radius 1 is 1.19 bits per heavy atom. The molecule has 3 heteroatoms. The Balaban J connectivity index is 2.46. The molecule has 1 unspecified atom stereocenters. The van der Waals surface area contributed by atoms with Crippen LogP contribution in [-0.4, -0.2) is 55.1 Å². The van der Waals surface area contributed by atoms with Gasteiger partial charge in [0, 0.05) is 24.7 Å². The van der Waals surface area contributed by atoms with E-state index >= 15 is 0 Å². The summed E-state index contributed by atoms with van der Waals surface area (Å²) in [4.78, 5) is 4.94. The molecule has 0 radical (unpaired) electrons. The molecular formula is C13H29N3. The quantitative estimate of drug-likeness (QED) is 0.773. The molecule has 0 spiro atoms. The fourth-order valence-corrected chi connectivity index (χ4v) is 3.00. The highest BCUT2D eigenvalue weighted by atomic mass is 15.2. The molecule has 16 heavy (non-hydrogen) atoms. The van der Waals surface area contributed by atoms with E-state index < -0.39 is 0 Å². The van der Waals surface area contributed by atoms with E-state index in [1.54, 1.807) is 0 Å². The standard InChI is InChI=1S/C13H29N3/c1-5-16(11(2)10-15(3)4)13-8-6-12(14)7-9-13/h11-13H,5-10,14H2,1-4H3. The van der Waals surface area contributed by atoms with Crippen molar-refractivity contribution in [1.29, 1.82) is 0 Å². The first-order chi connectivity index (χ1) is 7.54. The molecule has 0 aromatic heterocycles. The van der Waals surface area contributed by atoms with Crippen LogP contribution in [-0.2, 0) is 0 Å². The maximum atomic E-state index is 5.97. The Morgan fingerprint density at radius 2 is 1.75 bits per heavy atom. The Morgan fingerprint density at radius 3 is 2.19 bits per heavy atom. The predicted octanol–water partition coefficient (Wildman–Crippen LogP) is 1.53. The number of rotatable bonds is 5. The molecule has 1 fully saturated rings. The molecule has 1 atom stereocenters. The normalized spacial score (nSPS) is 28.7. The van der Waals surface area contributed by atoms with E-state index in [-0.39, 0.29) is 0 Å². The smallest absolute Gasteiger partial charge is 0.0197 e. The molecule has 0 aromatic carbocycles. The zero-order valence-electron chi connectivity index (χ0n) is 11.4. The van der Waals surface area contributed by atoms with E-state index in [9.17, 15) is 0 Å². The van der Waals surface area contributed by atoms with Crippen molar-refractivity contribution in [3.8, 4) is 0 Å². The molecule has 0 aromatic rings. The Kier molecular flexibility index (Phi) is 5.73. The third kappa shape index (κ3) is 4.04. The number of nitrogens with zero attached hydrogens (tertiary/aromatic N) is 2. The van der Waals surface area contributed by atoms with Crippen molar-refractivity contribution in [2.24, 2.45) is 5.73 Å². The minimum Gasteiger partial charge on any atom is -0.328 e. The van der Waals surface area contributed by atoms with Gasteiger partial charge < -0.3 is 10.6 Å². The Hall–Kier alpha value is -0.120. The van der Waals surface area contributed by atoms with Crippen LogP contribution >= 0.6 is 0 Å². The number of hydrogen-bond acceptors (Lipinski definition) is 3. The fourth-order valence-electron chi connectivity index (χ4n) is 3.00. The van der Waals surface area contributed by atoms with Crippen molar-refractivity contribution in [3.63, 3.8) is 0 Å². The summed E-state index contributed by atoms with van der Waals surface area (Å²) in [6, 6.07) is 1.87. The summed E-state index contributed by atoms with van der Waals surface area (Å²) >= 11 is 0. The van der Waals surface area contributed by atoms with Crippen molar-refractivity contribution in [3.05, 3.63) is 0 Å². The lowest BCUT2D eigenvalue weighted by Gasteiger charge is -2.40. The fraction of sp³-hybridized carbons (Fsp3) is 1.00. The van der Waals surface area contributed by atoms with E-state index in [2.05, 4.69) is 37.7 Å². The van der Waals surface area contributed by atoms with Gasteiger partial charge in [-0.3, -0.25) is 4.90 Å². The van der Waals surface area contributed by atoms with Gasteiger partial charge in [0.05, 0.1) is 0 Å².